The predicted molar refractivity (Wildman–Crippen MR) is 88.9 cm³/mol. The Morgan fingerprint density at radius 3 is 2.32 bits per heavy atom. The fourth-order valence-electron chi connectivity index (χ4n) is 2.16. The maximum Gasteiger partial charge on any atom is 0.264 e. The van der Waals surface area contributed by atoms with Crippen molar-refractivity contribution < 1.29 is 13.2 Å². The van der Waals surface area contributed by atoms with E-state index < -0.39 is 10.0 Å². The van der Waals surface area contributed by atoms with E-state index in [-0.39, 0.29) is 11.4 Å². The molecule has 22 heavy (non-hydrogen) atoms. The average molecular weight is 317 g/mol. The van der Waals surface area contributed by atoms with E-state index in [9.17, 15) is 8.42 Å². The Hall–Kier alpha value is -2.27. The van der Waals surface area contributed by atoms with Gasteiger partial charge in [0.2, 0.25) is 0 Å². The van der Waals surface area contributed by atoms with Crippen LogP contribution in [0.15, 0.2) is 66.1 Å². The fraction of sp³-hybridized carbons (Fsp3) is 0.176. The third-order valence-corrected chi connectivity index (χ3v) is 5.12. The van der Waals surface area contributed by atoms with E-state index in [1.807, 2.05) is 25.1 Å². The van der Waals surface area contributed by atoms with Crippen molar-refractivity contribution in [1.82, 2.24) is 0 Å². The maximum absolute atomic E-state index is 12.9. The molecular formula is C17H19NO3S. The van der Waals surface area contributed by atoms with Gasteiger partial charge < -0.3 is 4.74 Å². The Morgan fingerprint density at radius 1 is 1.14 bits per heavy atom. The monoisotopic (exact) mass is 317 g/mol. The molecule has 0 heterocycles. The molecule has 2 rings (SSSR count). The maximum atomic E-state index is 12.9. The molecule has 0 atom stereocenters. The minimum absolute atomic E-state index is 0.208. The molecule has 0 radical (unpaired) electrons. The van der Waals surface area contributed by atoms with Gasteiger partial charge in [0.05, 0.1) is 24.2 Å². The molecule has 0 unspecified atom stereocenters. The van der Waals surface area contributed by atoms with Gasteiger partial charge in [-0.05, 0) is 42.8 Å². The highest BCUT2D eigenvalue weighted by Gasteiger charge is 2.24. The number of rotatable bonds is 6. The summed E-state index contributed by atoms with van der Waals surface area (Å²) in [6, 6.07) is 13.7. The van der Waals surface area contributed by atoms with Crippen molar-refractivity contribution >= 4 is 15.7 Å². The van der Waals surface area contributed by atoms with Crippen LogP contribution < -0.4 is 9.04 Å². The van der Waals surface area contributed by atoms with E-state index in [1.165, 1.54) is 4.31 Å². The van der Waals surface area contributed by atoms with E-state index in [4.69, 9.17) is 4.74 Å². The smallest absolute Gasteiger partial charge is 0.264 e. The van der Waals surface area contributed by atoms with Crippen molar-refractivity contribution in [2.45, 2.75) is 11.8 Å². The summed E-state index contributed by atoms with van der Waals surface area (Å²) in [7, 11) is -2.11. The molecule has 5 heteroatoms. The molecule has 0 amide bonds. The van der Waals surface area contributed by atoms with Crippen LogP contribution >= 0.6 is 0 Å². The first-order chi connectivity index (χ1) is 10.5. The van der Waals surface area contributed by atoms with Gasteiger partial charge in [-0.3, -0.25) is 4.31 Å². The number of ether oxygens (including phenoxy) is 1. The lowest BCUT2D eigenvalue weighted by Crippen LogP contribution is -2.31. The Kier molecular flexibility index (Phi) is 4.88. The first-order valence-corrected chi connectivity index (χ1v) is 8.28. The number of sulfonamides is 1. The summed E-state index contributed by atoms with van der Waals surface area (Å²) in [5.41, 5.74) is 1.54. The molecule has 2 aromatic carbocycles. The second-order valence-electron chi connectivity index (χ2n) is 4.79. The molecule has 0 spiro atoms. The number of nitrogens with zero attached hydrogens (tertiary/aromatic N) is 1. The zero-order valence-electron chi connectivity index (χ0n) is 12.7. The molecule has 0 N–H and O–H groups in total. The molecule has 0 saturated carbocycles. The van der Waals surface area contributed by atoms with E-state index in [0.717, 1.165) is 5.56 Å². The minimum atomic E-state index is -3.66. The van der Waals surface area contributed by atoms with E-state index in [1.54, 1.807) is 43.5 Å². The van der Waals surface area contributed by atoms with Crippen LogP contribution in [-0.4, -0.2) is 22.1 Å². The SMILES string of the molecule is C=CCN(c1ccccc1C)S(=O)(=O)c1ccc(OC)cc1. The second-order valence-corrected chi connectivity index (χ2v) is 6.65. The molecule has 0 aromatic heterocycles. The lowest BCUT2D eigenvalue weighted by molar-refractivity contribution is 0.414. The largest absolute Gasteiger partial charge is 0.497 e. The first kappa shape index (κ1) is 16.1. The molecular weight excluding hydrogens is 298 g/mol. The van der Waals surface area contributed by atoms with Crippen LogP contribution in [0.1, 0.15) is 5.56 Å². The molecule has 0 aliphatic heterocycles. The lowest BCUT2D eigenvalue weighted by Gasteiger charge is -2.24. The molecule has 4 nitrogen and oxygen atoms in total. The quantitative estimate of drug-likeness (QED) is 0.767. The Labute approximate surface area is 131 Å². The summed E-state index contributed by atoms with van der Waals surface area (Å²) in [5.74, 6) is 0.616. The van der Waals surface area contributed by atoms with E-state index in [0.29, 0.717) is 11.4 Å². The van der Waals surface area contributed by atoms with Crippen LogP contribution in [0, 0.1) is 6.92 Å². The molecule has 116 valence electrons. The number of methoxy groups -OCH3 is 1. The van der Waals surface area contributed by atoms with Crippen molar-refractivity contribution in [1.29, 1.82) is 0 Å². The molecule has 0 aliphatic rings. The standard InChI is InChI=1S/C17H19NO3S/c1-4-13-18(17-8-6-5-7-14(17)2)22(19,20)16-11-9-15(21-3)10-12-16/h4-12H,1,13H2,2-3H3. The van der Waals surface area contributed by atoms with Crippen molar-refractivity contribution in [3.63, 3.8) is 0 Å². The average Bonchev–Trinajstić information content (AvgIpc) is 2.53. The highest BCUT2D eigenvalue weighted by Crippen LogP contribution is 2.27. The summed E-state index contributed by atoms with van der Waals surface area (Å²) in [6.45, 7) is 5.76. The minimum Gasteiger partial charge on any atom is -0.497 e. The first-order valence-electron chi connectivity index (χ1n) is 6.84. The molecule has 0 bridgehead atoms. The van der Waals surface area contributed by atoms with Gasteiger partial charge in [0.15, 0.2) is 0 Å². The highest BCUT2D eigenvalue weighted by molar-refractivity contribution is 7.92. The third kappa shape index (κ3) is 3.14. The highest BCUT2D eigenvalue weighted by atomic mass is 32.2. The van der Waals surface area contributed by atoms with Gasteiger partial charge in [0, 0.05) is 0 Å². The topological polar surface area (TPSA) is 46.6 Å². The molecule has 0 saturated heterocycles. The van der Waals surface area contributed by atoms with E-state index >= 15 is 0 Å². The van der Waals surface area contributed by atoms with Crippen LogP contribution in [0.4, 0.5) is 5.69 Å². The third-order valence-electron chi connectivity index (χ3n) is 3.33. The van der Waals surface area contributed by atoms with Gasteiger partial charge >= 0.3 is 0 Å². The van der Waals surface area contributed by atoms with Crippen LogP contribution in [0.2, 0.25) is 0 Å². The van der Waals surface area contributed by atoms with Crippen molar-refractivity contribution in [3.05, 3.63) is 66.7 Å². The number of benzene rings is 2. The summed E-state index contributed by atoms with van der Waals surface area (Å²) < 4.78 is 32.3. The Morgan fingerprint density at radius 2 is 1.77 bits per heavy atom. The van der Waals surface area contributed by atoms with Gasteiger partial charge in [-0.2, -0.15) is 0 Å². The molecule has 0 fully saturated rings. The Balaban J connectivity index is 2.50. The summed E-state index contributed by atoms with van der Waals surface area (Å²) >= 11 is 0. The van der Waals surface area contributed by atoms with Crippen molar-refractivity contribution in [3.8, 4) is 5.75 Å². The van der Waals surface area contributed by atoms with Crippen molar-refractivity contribution in [2.24, 2.45) is 0 Å². The summed E-state index contributed by atoms with van der Waals surface area (Å²) in [6.07, 6.45) is 1.58. The fourth-order valence-corrected chi connectivity index (χ4v) is 3.66. The zero-order valence-corrected chi connectivity index (χ0v) is 13.5. The summed E-state index contributed by atoms with van der Waals surface area (Å²) in [5, 5.41) is 0. The number of aryl methyl sites for hydroxylation is 1. The van der Waals surface area contributed by atoms with Gasteiger partial charge in [-0.15, -0.1) is 6.58 Å². The molecule has 2 aromatic rings. The number of para-hydroxylation sites is 1. The summed E-state index contributed by atoms with van der Waals surface area (Å²) in [4.78, 5) is 0.221. The Bertz CT molecular complexity index is 752. The van der Waals surface area contributed by atoms with Crippen LogP contribution in [0.25, 0.3) is 0 Å². The molecule has 0 aliphatic carbocycles. The normalized spacial score (nSPS) is 11.0. The lowest BCUT2D eigenvalue weighted by atomic mass is 10.2. The van der Waals surface area contributed by atoms with Crippen LogP contribution in [-0.2, 0) is 10.0 Å². The number of hydrogen-bond acceptors (Lipinski definition) is 3. The van der Waals surface area contributed by atoms with Gasteiger partial charge in [0.1, 0.15) is 5.75 Å². The van der Waals surface area contributed by atoms with Crippen LogP contribution in [0.3, 0.4) is 0 Å². The van der Waals surface area contributed by atoms with E-state index in [2.05, 4.69) is 6.58 Å². The zero-order chi connectivity index (χ0) is 16.2. The van der Waals surface area contributed by atoms with Gasteiger partial charge in [-0.25, -0.2) is 8.42 Å². The van der Waals surface area contributed by atoms with Crippen molar-refractivity contribution in [2.75, 3.05) is 18.0 Å². The van der Waals surface area contributed by atoms with Gasteiger partial charge in [0.25, 0.3) is 10.0 Å². The van der Waals surface area contributed by atoms with Crippen LogP contribution in [0.5, 0.6) is 5.75 Å². The van der Waals surface area contributed by atoms with Gasteiger partial charge in [-0.1, -0.05) is 24.3 Å². The number of anilines is 1. The predicted octanol–water partition coefficient (Wildman–Crippen LogP) is 3.38. The second kappa shape index (κ2) is 6.66. The number of hydrogen-bond donors (Lipinski definition) is 0.